The maximum Gasteiger partial charge on any atom is 0.307 e. The summed E-state index contributed by atoms with van der Waals surface area (Å²) in [4.78, 5) is 30.6. The standard InChI is InChI=1S/C41H67N5O5/c1-12-44-40(11,25(4)5)21-51-32-29(46-34(33(42)47)43-23-45-46)19-41-22-50-20-37(32,8)30(41)14-13-27-28(41)15-16-39(10)31(35(48)49)36(7,26(6)24(2)3)17-18-38(27,39)9/h15,23-27,29-32,44H,12-14,16-22H2,1-11H3,(H2,42,47)(H,48,49)/t26-,27+,29-,30+,31-,32+,36-,37+,38-,39+,40-,41?/m1/s1. The Hall–Kier alpha value is -2.30. The van der Waals surface area contributed by atoms with Gasteiger partial charge in [0, 0.05) is 16.4 Å². The number of likely N-dealkylation sites (N-methyl/N-ethyl adjacent to an activating group) is 1. The van der Waals surface area contributed by atoms with Gasteiger partial charge in [-0.05, 0) is 97.8 Å². The molecule has 2 heterocycles. The number of nitrogens with two attached hydrogens (primary N) is 1. The van der Waals surface area contributed by atoms with Crippen molar-refractivity contribution in [1.29, 1.82) is 0 Å². The zero-order chi connectivity index (χ0) is 37.5. The van der Waals surface area contributed by atoms with Crippen molar-refractivity contribution < 1.29 is 24.2 Å². The largest absolute Gasteiger partial charge is 0.481 e. The highest BCUT2D eigenvalue weighted by Gasteiger charge is 2.72. The number of nitrogens with one attached hydrogen (secondary N) is 1. The molecular formula is C41H67N5O5. The smallest absolute Gasteiger partial charge is 0.307 e. The lowest BCUT2D eigenvalue weighted by Crippen LogP contribution is -2.69. The van der Waals surface area contributed by atoms with Crippen molar-refractivity contribution in [3.63, 3.8) is 0 Å². The summed E-state index contributed by atoms with van der Waals surface area (Å²) in [6, 6.07) is -0.285. The number of carbonyl (C=O) groups is 2. The molecule has 5 aliphatic rings. The van der Waals surface area contributed by atoms with Gasteiger partial charge in [0.2, 0.25) is 5.82 Å². The van der Waals surface area contributed by atoms with Crippen LogP contribution in [0, 0.1) is 62.6 Å². The van der Waals surface area contributed by atoms with Crippen molar-refractivity contribution in [2.24, 2.45) is 68.3 Å². The van der Waals surface area contributed by atoms with Crippen molar-refractivity contribution >= 4 is 11.9 Å². The van der Waals surface area contributed by atoms with Gasteiger partial charge in [-0.1, -0.05) is 80.9 Å². The highest BCUT2D eigenvalue weighted by Crippen LogP contribution is 2.75. The Bertz CT molecular complexity index is 1540. The summed E-state index contributed by atoms with van der Waals surface area (Å²) in [5.41, 5.74) is 5.55. The molecule has 1 aromatic heterocycles. The summed E-state index contributed by atoms with van der Waals surface area (Å²) in [7, 11) is 0. The van der Waals surface area contributed by atoms with Crippen molar-refractivity contribution in [2.75, 3.05) is 26.4 Å². The average molecular weight is 710 g/mol. The van der Waals surface area contributed by atoms with E-state index in [1.165, 1.54) is 11.9 Å². The third-order valence-corrected chi connectivity index (χ3v) is 16.6. The maximum atomic E-state index is 13.5. The van der Waals surface area contributed by atoms with E-state index in [2.05, 4.69) is 97.6 Å². The third kappa shape index (κ3) is 5.41. The Morgan fingerprint density at radius 1 is 1.12 bits per heavy atom. The van der Waals surface area contributed by atoms with Gasteiger partial charge >= 0.3 is 5.97 Å². The van der Waals surface area contributed by atoms with Gasteiger partial charge in [-0.3, -0.25) is 9.59 Å². The number of aromatic nitrogens is 3. The number of primary amides is 1. The lowest BCUT2D eigenvalue weighted by molar-refractivity contribution is -0.253. The van der Waals surface area contributed by atoms with Crippen molar-refractivity contribution in [2.45, 2.75) is 132 Å². The van der Waals surface area contributed by atoms with Gasteiger partial charge in [0.25, 0.3) is 5.91 Å². The van der Waals surface area contributed by atoms with Crippen molar-refractivity contribution in [3.8, 4) is 0 Å². The van der Waals surface area contributed by atoms with Gasteiger partial charge in [-0.15, -0.1) is 0 Å². The minimum absolute atomic E-state index is 0.156. The molecule has 1 saturated heterocycles. The number of carboxylic acids is 1. The molecule has 1 aliphatic heterocycles. The van der Waals surface area contributed by atoms with E-state index < -0.39 is 23.2 Å². The summed E-state index contributed by atoms with van der Waals surface area (Å²) in [6.45, 7) is 27.3. The van der Waals surface area contributed by atoms with Crippen LogP contribution in [-0.2, 0) is 14.3 Å². The lowest BCUT2D eigenvalue weighted by Gasteiger charge is -2.71. The molecule has 4 aliphatic carbocycles. The van der Waals surface area contributed by atoms with E-state index >= 15 is 0 Å². The van der Waals surface area contributed by atoms with Gasteiger partial charge in [-0.2, -0.15) is 5.10 Å². The zero-order valence-electron chi connectivity index (χ0n) is 33.3. The summed E-state index contributed by atoms with van der Waals surface area (Å²) in [5, 5.41) is 19.4. The predicted octanol–water partition coefficient (Wildman–Crippen LogP) is 6.92. The third-order valence-electron chi connectivity index (χ3n) is 16.6. The van der Waals surface area contributed by atoms with Crippen LogP contribution in [0.2, 0.25) is 0 Å². The first-order chi connectivity index (χ1) is 23.8. The second-order valence-corrected chi connectivity index (χ2v) is 19.3. The highest BCUT2D eigenvalue weighted by atomic mass is 16.5. The topological polar surface area (TPSA) is 142 Å². The number of carbonyl (C=O) groups excluding carboxylic acids is 1. The molecule has 1 amide bonds. The highest BCUT2D eigenvalue weighted by molar-refractivity contribution is 5.89. The normalized spacial score (nSPS) is 42.3. The lowest BCUT2D eigenvalue weighted by atomic mass is 9.34. The number of allylic oxidation sites excluding steroid dienone is 1. The van der Waals surface area contributed by atoms with Crippen LogP contribution >= 0.6 is 0 Å². The number of fused-ring (bicyclic) bond motifs is 3. The number of aliphatic carboxylic acids is 1. The fourth-order valence-electron chi connectivity index (χ4n) is 12.9. The predicted molar refractivity (Wildman–Crippen MR) is 198 cm³/mol. The summed E-state index contributed by atoms with van der Waals surface area (Å²) >= 11 is 0. The van der Waals surface area contributed by atoms with Crippen LogP contribution in [0.15, 0.2) is 18.0 Å². The van der Waals surface area contributed by atoms with Crippen LogP contribution < -0.4 is 11.1 Å². The SMILES string of the molecule is CCN[C@](C)(CO[C@H]1[C@H](n2ncnc2C(N)=O)CC23COC[C@@]1(C)[C@@H]2CC[C@H]1C3=CC[C@@]2(C)[C@H](C(=O)O)[C@@](C)([C@H](C)C(C)C)CC[C@]12C)C(C)C. The van der Waals surface area contributed by atoms with Gasteiger partial charge in [0.15, 0.2) is 0 Å². The fourth-order valence-corrected chi connectivity index (χ4v) is 12.9. The fraction of sp³-hybridized carbons (Fsp3) is 0.854. The van der Waals surface area contributed by atoms with Crippen LogP contribution in [0.5, 0.6) is 0 Å². The van der Waals surface area contributed by atoms with Crippen molar-refractivity contribution in [3.05, 3.63) is 23.8 Å². The quantitative estimate of drug-likeness (QED) is 0.211. The molecule has 0 radical (unpaired) electrons. The first-order valence-electron chi connectivity index (χ1n) is 19.8. The minimum atomic E-state index is -0.649. The van der Waals surface area contributed by atoms with Gasteiger partial charge < -0.3 is 25.6 Å². The molecule has 2 bridgehead atoms. The second-order valence-electron chi connectivity index (χ2n) is 19.3. The summed E-state index contributed by atoms with van der Waals surface area (Å²) in [6.07, 6.45) is 8.99. The van der Waals surface area contributed by atoms with E-state index in [9.17, 15) is 14.7 Å². The summed E-state index contributed by atoms with van der Waals surface area (Å²) < 4.78 is 15.6. The van der Waals surface area contributed by atoms with E-state index in [1.54, 1.807) is 4.68 Å². The Morgan fingerprint density at radius 2 is 1.82 bits per heavy atom. The van der Waals surface area contributed by atoms with E-state index in [0.717, 1.165) is 38.6 Å². The molecule has 0 aromatic carbocycles. The number of ether oxygens (including phenoxy) is 2. The Balaban J connectivity index is 1.47. The van der Waals surface area contributed by atoms with Crippen LogP contribution in [0.3, 0.4) is 0 Å². The number of hydrogen-bond acceptors (Lipinski definition) is 7. The van der Waals surface area contributed by atoms with E-state index in [0.29, 0.717) is 44.0 Å². The molecule has 0 spiro atoms. The maximum absolute atomic E-state index is 13.5. The Morgan fingerprint density at radius 3 is 2.43 bits per heavy atom. The van der Waals surface area contributed by atoms with E-state index in [4.69, 9.17) is 15.2 Å². The van der Waals surface area contributed by atoms with Crippen LogP contribution in [-0.4, -0.2) is 69.8 Å². The van der Waals surface area contributed by atoms with Gasteiger partial charge in [0.1, 0.15) is 6.33 Å². The van der Waals surface area contributed by atoms with Crippen LogP contribution in [0.1, 0.15) is 131 Å². The van der Waals surface area contributed by atoms with Crippen LogP contribution in [0.4, 0.5) is 0 Å². The average Bonchev–Trinajstić information content (AvgIpc) is 3.54. The Kier molecular flexibility index (Phi) is 9.74. The molecule has 286 valence electrons. The number of carboxylic acid groups (broad SMARTS) is 1. The van der Waals surface area contributed by atoms with E-state index in [1.807, 2.05) is 0 Å². The molecule has 4 fully saturated rings. The number of amides is 1. The molecule has 3 saturated carbocycles. The summed E-state index contributed by atoms with van der Waals surface area (Å²) in [5.74, 6) is 0.0168. The molecule has 12 atom stereocenters. The first-order valence-corrected chi connectivity index (χ1v) is 19.8. The van der Waals surface area contributed by atoms with Gasteiger partial charge in [0.05, 0.1) is 37.9 Å². The minimum Gasteiger partial charge on any atom is -0.481 e. The number of hydrogen-bond donors (Lipinski definition) is 3. The molecule has 1 aromatic rings. The number of nitrogens with zero attached hydrogens (tertiary/aromatic N) is 3. The molecule has 51 heavy (non-hydrogen) atoms. The molecular weight excluding hydrogens is 642 g/mol. The Labute approximate surface area is 306 Å². The van der Waals surface area contributed by atoms with Crippen molar-refractivity contribution in [1.82, 2.24) is 20.1 Å². The zero-order valence-corrected chi connectivity index (χ0v) is 33.3. The first kappa shape index (κ1) is 38.4. The molecule has 6 rings (SSSR count). The number of rotatable bonds is 11. The van der Waals surface area contributed by atoms with Crippen LogP contribution in [0.25, 0.3) is 0 Å². The van der Waals surface area contributed by atoms with E-state index in [-0.39, 0.29) is 57.0 Å². The monoisotopic (exact) mass is 710 g/mol. The second kappa shape index (κ2) is 12.9. The van der Waals surface area contributed by atoms with Gasteiger partial charge in [-0.25, -0.2) is 9.67 Å². The molecule has 10 heteroatoms. The molecule has 10 nitrogen and oxygen atoms in total. The molecule has 1 unspecified atom stereocenters. The molecule has 4 N–H and O–H groups in total.